The van der Waals surface area contributed by atoms with E-state index in [0.29, 0.717) is 39.0 Å². The summed E-state index contributed by atoms with van der Waals surface area (Å²) in [6.07, 6.45) is 1.64. The van der Waals surface area contributed by atoms with Crippen molar-refractivity contribution >= 4 is 5.91 Å². The predicted octanol–water partition coefficient (Wildman–Crippen LogP) is -1.01. The van der Waals surface area contributed by atoms with E-state index in [1.165, 1.54) is 0 Å². The number of carbonyl (C=O) groups excluding carboxylic acids is 1. The van der Waals surface area contributed by atoms with E-state index in [1.54, 1.807) is 0 Å². The van der Waals surface area contributed by atoms with Gasteiger partial charge in [0.25, 0.3) is 0 Å². The van der Waals surface area contributed by atoms with Crippen LogP contribution in [0, 0.1) is 0 Å². The molecule has 0 spiro atoms. The fourth-order valence-electron chi connectivity index (χ4n) is 1.57. The molecule has 1 fully saturated rings. The number of amides is 1. The van der Waals surface area contributed by atoms with Crippen LogP contribution in [0.4, 0.5) is 0 Å². The Bertz CT molecular complexity index is 190. The summed E-state index contributed by atoms with van der Waals surface area (Å²) in [5.74, 6) is -0.0940. The fourth-order valence-corrected chi connectivity index (χ4v) is 1.57. The molecule has 1 aliphatic rings. The summed E-state index contributed by atoms with van der Waals surface area (Å²) in [6.45, 7) is 1.48. The highest BCUT2D eigenvalue weighted by Crippen LogP contribution is 2.19. The Morgan fingerprint density at radius 2 is 2.14 bits per heavy atom. The highest BCUT2D eigenvalue weighted by atomic mass is 16.5. The zero-order chi connectivity index (χ0) is 10.4. The van der Waals surface area contributed by atoms with Crippen molar-refractivity contribution in [1.82, 2.24) is 5.32 Å². The van der Waals surface area contributed by atoms with Gasteiger partial charge in [-0.25, -0.2) is 0 Å². The Morgan fingerprint density at radius 3 is 2.64 bits per heavy atom. The second-order valence-electron chi connectivity index (χ2n) is 3.64. The van der Waals surface area contributed by atoms with Crippen LogP contribution in [-0.2, 0) is 9.53 Å². The predicted molar refractivity (Wildman–Crippen MR) is 51.7 cm³/mol. The molecule has 0 aliphatic carbocycles. The minimum atomic E-state index is -0.482. The number of aliphatic hydroxyl groups excluding tert-OH is 1. The lowest BCUT2D eigenvalue weighted by Gasteiger charge is -2.36. The maximum atomic E-state index is 11.3. The molecule has 0 unspecified atom stereocenters. The van der Waals surface area contributed by atoms with Gasteiger partial charge in [0.1, 0.15) is 0 Å². The summed E-state index contributed by atoms with van der Waals surface area (Å²) < 4.78 is 5.18. The molecule has 4 N–H and O–H groups in total. The van der Waals surface area contributed by atoms with E-state index >= 15 is 0 Å². The van der Waals surface area contributed by atoms with Gasteiger partial charge in [-0.2, -0.15) is 0 Å². The molecule has 1 heterocycles. The van der Waals surface area contributed by atoms with Gasteiger partial charge >= 0.3 is 0 Å². The second kappa shape index (κ2) is 5.29. The van der Waals surface area contributed by atoms with E-state index in [-0.39, 0.29) is 12.5 Å². The number of rotatable bonds is 4. The maximum absolute atomic E-state index is 11.3. The third-order valence-corrected chi connectivity index (χ3v) is 2.53. The summed E-state index contributed by atoms with van der Waals surface area (Å²) in [7, 11) is 0. The van der Waals surface area contributed by atoms with Gasteiger partial charge in [0.15, 0.2) is 0 Å². The van der Waals surface area contributed by atoms with Crippen LogP contribution in [0.3, 0.4) is 0 Å². The average molecular weight is 202 g/mol. The Morgan fingerprint density at radius 1 is 1.50 bits per heavy atom. The molecule has 0 radical (unpaired) electrons. The first kappa shape index (κ1) is 11.4. The average Bonchev–Trinajstić information content (AvgIpc) is 2.19. The molecule has 0 aromatic rings. The number of ether oxygens (including phenoxy) is 1. The zero-order valence-electron chi connectivity index (χ0n) is 8.29. The molecule has 0 saturated carbocycles. The molecular weight excluding hydrogens is 184 g/mol. The lowest BCUT2D eigenvalue weighted by molar-refractivity contribution is -0.125. The molecule has 1 aliphatic heterocycles. The van der Waals surface area contributed by atoms with Crippen molar-refractivity contribution in [2.75, 3.05) is 26.4 Å². The quantitative estimate of drug-likeness (QED) is 0.545. The Hall–Kier alpha value is -0.650. The Balaban J connectivity index is 2.47. The SMILES string of the molecule is NCCC(=O)NC1(CO)CCOCC1. The van der Waals surface area contributed by atoms with E-state index in [1.807, 2.05) is 0 Å². The first-order valence-electron chi connectivity index (χ1n) is 4.92. The topological polar surface area (TPSA) is 84.6 Å². The summed E-state index contributed by atoms with van der Waals surface area (Å²) in [5, 5.41) is 12.1. The zero-order valence-corrected chi connectivity index (χ0v) is 8.29. The summed E-state index contributed by atoms with van der Waals surface area (Å²) in [5.41, 5.74) is 4.79. The van der Waals surface area contributed by atoms with Crippen LogP contribution in [-0.4, -0.2) is 42.9 Å². The van der Waals surface area contributed by atoms with Gasteiger partial charge in [-0.05, 0) is 12.8 Å². The Kier molecular flexibility index (Phi) is 4.31. The van der Waals surface area contributed by atoms with Crippen LogP contribution in [0.15, 0.2) is 0 Å². The fraction of sp³-hybridized carbons (Fsp3) is 0.889. The molecule has 0 aromatic heterocycles. The van der Waals surface area contributed by atoms with E-state index in [0.717, 1.165) is 0 Å². The summed E-state index contributed by atoms with van der Waals surface area (Å²) in [6, 6.07) is 0. The van der Waals surface area contributed by atoms with Gasteiger partial charge in [0.2, 0.25) is 5.91 Å². The first-order valence-corrected chi connectivity index (χ1v) is 4.92. The molecule has 5 heteroatoms. The highest BCUT2D eigenvalue weighted by Gasteiger charge is 2.33. The number of carbonyl (C=O) groups is 1. The third kappa shape index (κ3) is 2.94. The monoisotopic (exact) mass is 202 g/mol. The van der Waals surface area contributed by atoms with Crippen LogP contribution in [0.1, 0.15) is 19.3 Å². The molecule has 0 atom stereocenters. The molecule has 1 saturated heterocycles. The van der Waals surface area contributed by atoms with Gasteiger partial charge in [-0.15, -0.1) is 0 Å². The van der Waals surface area contributed by atoms with Crippen molar-refractivity contribution in [2.45, 2.75) is 24.8 Å². The number of hydrogen-bond donors (Lipinski definition) is 3. The number of nitrogens with one attached hydrogen (secondary N) is 1. The van der Waals surface area contributed by atoms with Gasteiger partial charge in [-0.1, -0.05) is 0 Å². The van der Waals surface area contributed by atoms with Crippen molar-refractivity contribution in [3.63, 3.8) is 0 Å². The highest BCUT2D eigenvalue weighted by molar-refractivity contribution is 5.77. The molecule has 1 amide bonds. The van der Waals surface area contributed by atoms with Crippen molar-refractivity contribution in [2.24, 2.45) is 5.73 Å². The lowest BCUT2D eigenvalue weighted by atomic mass is 9.91. The van der Waals surface area contributed by atoms with E-state index in [2.05, 4.69) is 5.32 Å². The molecule has 0 aromatic carbocycles. The van der Waals surface area contributed by atoms with Gasteiger partial charge in [0, 0.05) is 26.2 Å². The number of nitrogens with two attached hydrogens (primary N) is 1. The molecule has 0 bridgehead atoms. The van der Waals surface area contributed by atoms with Crippen molar-refractivity contribution in [1.29, 1.82) is 0 Å². The van der Waals surface area contributed by atoms with E-state index < -0.39 is 5.54 Å². The molecule has 5 nitrogen and oxygen atoms in total. The number of hydrogen-bond acceptors (Lipinski definition) is 4. The summed E-state index contributed by atoms with van der Waals surface area (Å²) in [4.78, 5) is 11.3. The number of aliphatic hydroxyl groups is 1. The third-order valence-electron chi connectivity index (χ3n) is 2.53. The van der Waals surface area contributed by atoms with Gasteiger partial charge in [-0.3, -0.25) is 4.79 Å². The van der Waals surface area contributed by atoms with Crippen molar-refractivity contribution < 1.29 is 14.6 Å². The maximum Gasteiger partial charge on any atom is 0.221 e. The molecule has 82 valence electrons. The van der Waals surface area contributed by atoms with Crippen LogP contribution in [0.2, 0.25) is 0 Å². The normalized spacial score (nSPS) is 20.4. The lowest BCUT2D eigenvalue weighted by Crippen LogP contribution is -2.54. The standard InChI is InChI=1S/C9H18N2O3/c10-4-1-8(13)11-9(7-12)2-5-14-6-3-9/h12H,1-7,10H2,(H,11,13). The molecular formula is C9H18N2O3. The van der Waals surface area contributed by atoms with Crippen LogP contribution >= 0.6 is 0 Å². The van der Waals surface area contributed by atoms with E-state index in [9.17, 15) is 9.90 Å². The van der Waals surface area contributed by atoms with Gasteiger partial charge in [0.05, 0.1) is 12.1 Å². The van der Waals surface area contributed by atoms with Gasteiger partial charge < -0.3 is 20.9 Å². The second-order valence-corrected chi connectivity index (χ2v) is 3.64. The minimum Gasteiger partial charge on any atom is -0.394 e. The van der Waals surface area contributed by atoms with Crippen LogP contribution in [0.25, 0.3) is 0 Å². The molecule has 14 heavy (non-hydrogen) atoms. The van der Waals surface area contributed by atoms with Crippen molar-refractivity contribution in [3.8, 4) is 0 Å². The largest absolute Gasteiger partial charge is 0.394 e. The van der Waals surface area contributed by atoms with E-state index in [4.69, 9.17) is 10.5 Å². The summed E-state index contributed by atoms with van der Waals surface area (Å²) >= 11 is 0. The Labute approximate surface area is 83.6 Å². The van der Waals surface area contributed by atoms with Crippen molar-refractivity contribution in [3.05, 3.63) is 0 Å². The van der Waals surface area contributed by atoms with Crippen LogP contribution < -0.4 is 11.1 Å². The minimum absolute atomic E-state index is 0.0350. The molecule has 1 rings (SSSR count). The smallest absolute Gasteiger partial charge is 0.221 e. The van der Waals surface area contributed by atoms with Crippen LogP contribution in [0.5, 0.6) is 0 Å². The first-order chi connectivity index (χ1) is 6.72.